The minimum atomic E-state index is -1.07. The van der Waals surface area contributed by atoms with Crippen LogP contribution in [0, 0.1) is 0 Å². The predicted molar refractivity (Wildman–Crippen MR) is 86.0 cm³/mol. The Hall–Kier alpha value is -1.81. The molecule has 0 spiro atoms. The monoisotopic (exact) mass is 301 g/mol. The van der Waals surface area contributed by atoms with Crippen molar-refractivity contribution in [2.45, 2.75) is 29.9 Å². The molecule has 3 rings (SSSR count). The molecule has 0 saturated heterocycles. The molecule has 1 aliphatic rings. The van der Waals surface area contributed by atoms with Gasteiger partial charge in [0.05, 0.1) is 23.7 Å². The first kappa shape index (κ1) is 14.1. The zero-order valence-corrected chi connectivity index (χ0v) is 12.9. The molecule has 0 aliphatic heterocycles. The van der Waals surface area contributed by atoms with Crippen molar-refractivity contribution in [2.24, 2.45) is 0 Å². The van der Waals surface area contributed by atoms with E-state index >= 15 is 0 Å². The Morgan fingerprint density at radius 1 is 1.14 bits per heavy atom. The lowest BCUT2D eigenvalue weighted by molar-refractivity contribution is 0.411. The van der Waals surface area contributed by atoms with E-state index in [0.29, 0.717) is 17.2 Å². The number of nitrogen functional groups attached to an aromatic ring is 1. The van der Waals surface area contributed by atoms with Gasteiger partial charge >= 0.3 is 0 Å². The maximum atomic E-state index is 12.6. The topological polar surface area (TPSA) is 52.3 Å². The second kappa shape index (κ2) is 5.90. The number of nitrogens with two attached hydrogens (primary N) is 1. The Balaban J connectivity index is 1.83. The quantitative estimate of drug-likeness (QED) is 0.883. The average molecular weight is 301 g/mol. The summed E-state index contributed by atoms with van der Waals surface area (Å²) in [5.74, 6) is 1.15. The fourth-order valence-corrected chi connectivity index (χ4v) is 3.98. The largest absolute Gasteiger partial charge is 0.496 e. The minimum absolute atomic E-state index is 0.447. The fraction of sp³-hybridized carbons (Fsp3) is 0.294. The summed E-state index contributed by atoms with van der Waals surface area (Å²) in [6.45, 7) is 0. The zero-order valence-electron chi connectivity index (χ0n) is 12.1. The van der Waals surface area contributed by atoms with Gasteiger partial charge in [0.2, 0.25) is 0 Å². The average Bonchev–Trinajstić information content (AvgIpc) is 2.96. The molecule has 0 bridgehead atoms. The molecule has 2 N–H and O–H groups in total. The highest BCUT2D eigenvalue weighted by Gasteiger charge is 2.15. The molecule has 3 nitrogen and oxygen atoms in total. The molecule has 0 fully saturated rings. The van der Waals surface area contributed by atoms with Gasteiger partial charge in [-0.1, -0.05) is 12.1 Å². The molecular weight excluding hydrogens is 282 g/mol. The van der Waals surface area contributed by atoms with Crippen LogP contribution >= 0.6 is 0 Å². The Morgan fingerprint density at radius 3 is 2.76 bits per heavy atom. The summed E-state index contributed by atoms with van der Waals surface area (Å²) in [7, 11) is 0.542. The summed E-state index contributed by atoms with van der Waals surface area (Å²) in [5, 5.41) is 0. The van der Waals surface area contributed by atoms with E-state index in [-0.39, 0.29) is 0 Å². The Bertz CT molecular complexity index is 697. The first-order valence-corrected chi connectivity index (χ1v) is 8.42. The van der Waals surface area contributed by atoms with Crippen molar-refractivity contribution in [3.05, 3.63) is 53.1 Å². The van der Waals surface area contributed by atoms with Crippen LogP contribution in [0.15, 0.2) is 41.3 Å². The van der Waals surface area contributed by atoms with Crippen LogP contribution in [0.1, 0.15) is 23.1 Å². The third kappa shape index (κ3) is 2.95. The summed E-state index contributed by atoms with van der Waals surface area (Å²) in [4.78, 5) is 0.898. The van der Waals surface area contributed by atoms with Crippen molar-refractivity contribution in [1.29, 1.82) is 0 Å². The molecule has 0 heterocycles. The maximum absolute atomic E-state index is 12.6. The predicted octanol–water partition coefficient (Wildman–Crippen LogP) is 3.07. The van der Waals surface area contributed by atoms with Gasteiger partial charge in [-0.2, -0.15) is 0 Å². The van der Waals surface area contributed by atoms with Crippen LogP contribution in [0.2, 0.25) is 0 Å². The fourth-order valence-electron chi connectivity index (χ4n) is 2.79. The van der Waals surface area contributed by atoms with E-state index in [1.807, 2.05) is 18.2 Å². The number of ether oxygens (including phenoxy) is 1. The molecule has 0 radical (unpaired) electrons. The molecule has 0 amide bonds. The minimum Gasteiger partial charge on any atom is -0.496 e. The van der Waals surface area contributed by atoms with Crippen molar-refractivity contribution in [1.82, 2.24) is 0 Å². The molecule has 1 aliphatic carbocycles. The van der Waals surface area contributed by atoms with E-state index in [0.717, 1.165) is 23.3 Å². The molecule has 1 unspecified atom stereocenters. The number of hydrogen-bond donors (Lipinski definition) is 1. The summed E-state index contributed by atoms with van der Waals surface area (Å²) in [5.41, 5.74) is 10.1. The Labute approximate surface area is 127 Å². The number of aryl methyl sites for hydroxylation is 2. The Kier molecular flexibility index (Phi) is 3.97. The summed E-state index contributed by atoms with van der Waals surface area (Å²) in [6, 6.07) is 11.7. The first-order chi connectivity index (χ1) is 10.2. The number of rotatable bonds is 4. The SMILES string of the molecule is COc1cc(N)ccc1CS(=O)c1ccc2c(c1)CCC2. The van der Waals surface area contributed by atoms with E-state index < -0.39 is 10.8 Å². The van der Waals surface area contributed by atoms with E-state index in [1.165, 1.54) is 17.5 Å². The Morgan fingerprint density at radius 2 is 1.95 bits per heavy atom. The summed E-state index contributed by atoms with van der Waals surface area (Å²) < 4.78 is 17.9. The van der Waals surface area contributed by atoms with Gasteiger partial charge in [0.25, 0.3) is 0 Å². The van der Waals surface area contributed by atoms with Gasteiger partial charge in [0, 0.05) is 22.2 Å². The number of fused-ring (bicyclic) bond motifs is 1. The third-order valence-corrected chi connectivity index (χ3v) is 5.28. The van der Waals surface area contributed by atoms with Gasteiger partial charge in [-0.25, -0.2) is 0 Å². The van der Waals surface area contributed by atoms with Gasteiger partial charge < -0.3 is 10.5 Å². The van der Waals surface area contributed by atoms with Crippen LogP contribution in [0.25, 0.3) is 0 Å². The molecule has 0 saturated carbocycles. The van der Waals surface area contributed by atoms with Crippen molar-refractivity contribution in [3.63, 3.8) is 0 Å². The first-order valence-electron chi connectivity index (χ1n) is 7.10. The van der Waals surface area contributed by atoms with Crippen LogP contribution < -0.4 is 10.5 Å². The van der Waals surface area contributed by atoms with Gasteiger partial charge in [-0.3, -0.25) is 4.21 Å². The number of methoxy groups -OCH3 is 1. The molecule has 2 aromatic carbocycles. The van der Waals surface area contributed by atoms with Crippen molar-refractivity contribution in [2.75, 3.05) is 12.8 Å². The van der Waals surface area contributed by atoms with Gasteiger partial charge in [0.15, 0.2) is 0 Å². The zero-order chi connectivity index (χ0) is 14.8. The normalized spacial score (nSPS) is 14.7. The number of benzene rings is 2. The molecule has 1 atom stereocenters. The molecule has 21 heavy (non-hydrogen) atoms. The second-order valence-electron chi connectivity index (χ2n) is 5.35. The van der Waals surface area contributed by atoms with Gasteiger partial charge in [-0.05, 0) is 48.6 Å². The summed E-state index contributed by atoms with van der Waals surface area (Å²) in [6.07, 6.45) is 3.46. The second-order valence-corrected chi connectivity index (χ2v) is 6.80. The maximum Gasteiger partial charge on any atom is 0.125 e. The highest BCUT2D eigenvalue weighted by Crippen LogP contribution is 2.27. The molecular formula is C17H19NO2S. The van der Waals surface area contributed by atoms with Crippen LogP contribution in [0.4, 0.5) is 5.69 Å². The van der Waals surface area contributed by atoms with Crippen LogP contribution in [0.3, 0.4) is 0 Å². The van der Waals surface area contributed by atoms with Crippen molar-refractivity contribution < 1.29 is 8.95 Å². The lowest BCUT2D eigenvalue weighted by Gasteiger charge is -2.10. The van der Waals surface area contributed by atoms with Gasteiger partial charge in [0.1, 0.15) is 5.75 Å². The lowest BCUT2D eigenvalue weighted by atomic mass is 10.1. The standard InChI is InChI=1S/C17H19NO2S/c1-20-17-10-15(18)7-5-14(17)11-21(19)16-8-6-12-3-2-4-13(12)9-16/h5-10H,2-4,11,18H2,1H3. The number of hydrogen-bond acceptors (Lipinski definition) is 3. The van der Waals surface area contributed by atoms with Crippen LogP contribution in [-0.4, -0.2) is 11.3 Å². The highest BCUT2D eigenvalue weighted by molar-refractivity contribution is 7.84. The van der Waals surface area contributed by atoms with E-state index in [2.05, 4.69) is 12.1 Å². The van der Waals surface area contributed by atoms with Crippen molar-refractivity contribution >= 4 is 16.5 Å². The van der Waals surface area contributed by atoms with Crippen LogP contribution in [0.5, 0.6) is 5.75 Å². The lowest BCUT2D eigenvalue weighted by Crippen LogP contribution is -2.01. The molecule has 2 aromatic rings. The van der Waals surface area contributed by atoms with E-state index in [4.69, 9.17) is 10.5 Å². The summed E-state index contributed by atoms with van der Waals surface area (Å²) >= 11 is 0. The van der Waals surface area contributed by atoms with E-state index in [1.54, 1.807) is 13.2 Å². The van der Waals surface area contributed by atoms with Crippen LogP contribution in [-0.2, 0) is 29.4 Å². The number of anilines is 1. The third-order valence-electron chi connectivity index (χ3n) is 3.93. The highest BCUT2D eigenvalue weighted by atomic mass is 32.2. The molecule has 110 valence electrons. The van der Waals surface area contributed by atoms with E-state index in [9.17, 15) is 4.21 Å². The van der Waals surface area contributed by atoms with Gasteiger partial charge in [-0.15, -0.1) is 0 Å². The molecule has 4 heteroatoms. The smallest absolute Gasteiger partial charge is 0.125 e. The molecule has 0 aromatic heterocycles. The van der Waals surface area contributed by atoms with Crippen molar-refractivity contribution in [3.8, 4) is 5.75 Å².